The van der Waals surface area contributed by atoms with Crippen LogP contribution in [0.15, 0.2) is 12.1 Å². The molecular formula is C13H18N2O3. The van der Waals surface area contributed by atoms with Crippen molar-refractivity contribution in [2.24, 2.45) is 13.0 Å². The van der Waals surface area contributed by atoms with Crippen molar-refractivity contribution in [2.75, 3.05) is 13.1 Å². The fraction of sp³-hybridized carbons (Fsp3) is 0.538. The highest BCUT2D eigenvalue weighted by Crippen LogP contribution is 2.21. The van der Waals surface area contributed by atoms with Gasteiger partial charge in [0.05, 0.1) is 0 Å². The van der Waals surface area contributed by atoms with E-state index in [0.717, 1.165) is 12.1 Å². The summed E-state index contributed by atoms with van der Waals surface area (Å²) in [4.78, 5) is 24.7. The van der Waals surface area contributed by atoms with Crippen LogP contribution in [0.4, 0.5) is 0 Å². The highest BCUT2D eigenvalue weighted by molar-refractivity contribution is 5.93. The number of likely N-dealkylation sites (tertiary alicyclic amines) is 1. The molecule has 98 valence electrons. The molecule has 5 nitrogen and oxygen atoms in total. The van der Waals surface area contributed by atoms with Crippen LogP contribution in [0, 0.1) is 12.8 Å². The third kappa shape index (κ3) is 2.39. The minimum atomic E-state index is -0.788. The van der Waals surface area contributed by atoms with Crippen LogP contribution in [0.1, 0.15) is 29.0 Å². The van der Waals surface area contributed by atoms with E-state index in [-0.39, 0.29) is 18.2 Å². The number of aromatic nitrogens is 1. The second-order valence-electron chi connectivity index (χ2n) is 4.92. The Labute approximate surface area is 106 Å². The van der Waals surface area contributed by atoms with E-state index in [1.807, 2.05) is 30.7 Å². The molecule has 2 rings (SSSR count). The van der Waals surface area contributed by atoms with Crippen molar-refractivity contribution >= 4 is 11.9 Å². The van der Waals surface area contributed by atoms with Gasteiger partial charge < -0.3 is 14.6 Å². The number of amides is 1. The van der Waals surface area contributed by atoms with Crippen molar-refractivity contribution < 1.29 is 14.7 Å². The Bertz CT molecular complexity index is 479. The molecule has 1 aliphatic rings. The van der Waals surface area contributed by atoms with Crippen molar-refractivity contribution in [1.29, 1.82) is 0 Å². The maximum absolute atomic E-state index is 12.3. The topological polar surface area (TPSA) is 62.5 Å². The lowest BCUT2D eigenvalue weighted by Crippen LogP contribution is -2.30. The van der Waals surface area contributed by atoms with Gasteiger partial charge in [0.25, 0.3) is 5.91 Å². The predicted octanol–water partition coefficient (Wildman–Crippen LogP) is 1.27. The maximum atomic E-state index is 12.3. The maximum Gasteiger partial charge on any atom is 0.303 e. The summed E-state index contributed by atoms with van der Waals surface area (Å²) in [6.45, 7) is 3.16. The van der Waals surface area contributed by atoms with Crippen molar-refractivity contribution in [1.82, 2.24) is 9.47 Å². The number of rotatable bonds is 3. The molecular weight excluding hydrogens is 232 g/mol. The summed E-state index contributed by atoms with van der Waals surface area (Å²) in [6.07, 6.45) is 0.928. The fourth-order valence-corrected chi connectivity index (χ4v) is 2.42. The molecule has 18 heavy (non-hydrogen) atoms. The van der Waals surface area contributed by atoms with Crippen LogP contribution in [0.3, 0.4) is 0 Å². The van der Waals surface area contributed by atoms with E-state index in [1.54, 1.807) is 4.90 Å². The van der Waals surface area contributed by atoms with E-state index in [4.69, 9.17) is 5.11 Å². The number of carbonyl (C=O) groups is 2. The van der Waals surface area contributed by atoms with Gasteiger partial charge in [0.2, 0.25) is 0 Å². The lowest BCUT2D eigenvalue weighted by molar-refractivity contribution is -0.138. The first-order valence-electron chi connectivity index (χ1n) is 6.12. The molecule has 1 amide bonds. The average Bonchev–Trinajstić information content (AvgIpc) is 2.87. The molecule has 1 atom stereocenters. The normalized spacial score (nSPS) is 19.2. The van der Waals surface area contributed by atoms with E-state index in [9.17, 15) is 9.59 Å². The number of carboxylic acid groups (broad SMARTS) is 1. The molecule has 1 fully saturated rings. The van der Waals surface area contributed by atoms with Crippen molar-refractivity contribution in [3.8, 4) is 0 Å². The molecule has 1 aromatic rings. The lowest BCUT2D eigenvalue weighted by atomic mass is 10.1. The summed E-state index contributed by atoms with van der Waals surface area (Å²) in [5.41, 5.74) is 1.71. The first-order chi connectivity index (χ1) is 8.49. The minimum absolute atomic E-state index is 0.00140. The number of aryl methyl sites for hydroxylation is 1. The smallest absolute Gasteiger partial charge is 0.303 e. The van der Waals surface area contributed by atoms with Crippen LogP contribution in [0.5, 0.6) is 0 Å². The number of carbonyl (C=O) groups excluding carboxylic acids is 1. The van der Waals surface area contributed by atoms with Gasteiger partial charge in [-0.1, -0.05) is 0 Å². The Hall–Kier alpha value is -1.78. The quantitative estimate of drug-likeness (QED) is 0.878. The van der Waals surface area contributed by atoms with Crippen LogP contribution >= 0.6 is 0 Å². The molecule has 0 aliphatic carbocycles. The average molecular weight is 250 g/mol. The SMILES string of the molecule is Cc1ccc(C(=O)N2CCC(CC(=O)O)C2)n1C. The van der Waals surface area contributed by atoms with E-state index in [2.05, 4.69) is 0 Å². The first-order valence-corrected chi connectivity index (χ1v) is 6.12. The standard InChI is InChI=1S/C13H18N2O3/c1-9-3-4-11(14(9)2)13(18)15-6-5-10(8-15)7-12(16)17/h3-4,10H,5-8H2,1-2H3,(H,16,17). The fourth-order valence-electron chi connectivity index (χ4n) is 2.42. The number of aliphatic carboxylic acids is 1. The molecule has 1 aromatic heterocycles. The summed E-state index contributed by atoms with van der Waals surface area (Å²) in [7, 11) is 1.87. The van der Waals surface area contributed by atoms with Gasteiger partial charge in [0, 0.05) is 32.3 Å². The van der Waals surface area contributed by atoms with E-state index in [0.29, 0.717) is 18.8 Å². The van der Waals surface area contributed by atoms with Gasteiger partial charge >= 0.3 is 5.97 Å². The highest BCUT2D eigenvalue weighted by Gasteiger charge is 2.29. The predicted molar refractivity (Wildman–Crippen MR) is 66.4 cm³/mol. The third-order valence-corrected chi connectivity index (χ3v) is 3.63. The molecule has 0 saturated carbocycles. The lowest BCUT2D eigenvalue weighted by Gasteiger charge is -2.17. The molecule has 1 aliphatic heterocycles. The largest absolute Gasteiger partial charge is 0.481 e. The Morgan fingerprint density at radius 2 is 2.17 bits per heavy atom. The summed E-state index contributed by atoms with van der Waals surface area (Å²) in [5, 5.41) is 8.76. The molecule has 2 heterocycles. The summed E-state index contributed by atoms with van der Waals surface area (Å²) >= 11 is 0. The zero-order valence-electron chi connectivity index (χ0n) is 10.7. The molecule has 0 bridgehead atoms. The van der Waals surface area contributed by atoms with Gasteiger partial charge in [-0.3, -0.25) is 9.59 Å². The van der Waals surface area contributed by atoms with Crippen LogP contribution in [-0.4, -0.2) is 39.5 Å². The molecule has 5 heteroatoms. The Morgan fingerprint density at radius 1 is 1.44 bits per heavy atom. The second-order valence-corrected chi connectivity index (χ2v) is 4.92. The zero-order chi connectivity index (χ0) is 13.3. The monoisotopic (exact) mass is 250 g/mol. The van der Waals surface area contributed by atoms with E-state index < -0.39 is 5.97 Å². The number of hydrogen-bond donors (Lipinski definition) is 1. The molecule has 0 radical (unpaired) electrons. The van der Waals surface area contributed by atoms with Crippen LogP contribution < -0.4 is 0 Å². The van der Waals surface area contributed by atoms with Gasteiger partial charge in [0.15, 0.2) is 0 Å². The molecule has 0 aromatic carbocycles. The van der Waals surface area contributed by atoms with Crippen LogP contribution in [0.2, 0.25) is 0 Å². The number of nitrogens with zero attached hydrogens (tertiary/aromatic N) is 2. The highest BCUT2D eigenvalue weighted by atomic mass is 16.4. The van der Waals surface area contributed by atoms with Crippen LogP contribution in [0.25, 0.3) is 0 Å². The van der Waals surface area contributed by atoms with Gasteiger partial charge in [-0.05, 0) is 31.4 Å². The molecule has 0 spiro atoms. The van der Waals surface area contributed by atoms with Gasteiger partial charge in [-0.15, -0.1) is 0 Å². The Kier molecular flexibility index (Phi) is 3.41. The van der Waals surface area contributed by atoms with Gasteiger partial charge in [0.1, 0.15) is 5.69 Å². The van der Waals surface area contributed by atoms with Gasteiger partial charge in [-0.25, -0.2) is 0 Å². The van der Waals surface area contributed by atoms with E-state index >= 15 is 0 Å². The molecule has 1 saturated heterocycles. The number of carboxylic acids is 1. The van der Waals surface area contributed by atoms with Gasteiger partial charge in [-0.2, -0.15) is 0 Å². The summed E-state index contributed by atoms with van der Waals surface area (Å²) in [5.74, 6) is -0.699. The Balaban J connectivity index is 2.03. The zero-order valence-corrected chi connectivity index (χ0v) is 10.7. The molecule has 1 unspecified atom stereocenters. The third-order valence-electron chi connectivity index (χ3n) is 3.63. The Morgan fingerprint density at radius 3 is 2.72 bits per heavy atom. The van der Waals surface area contributed by atoms with Crippen molar-refractivity contribution in [3.05, 3.63) is 23.5 Å². The summed E-state index contributed by atoms with van der Waals surface area (Å²) in [6, 6.07) is 3.74. The van der Waals surface area contributed by atoms with Crippen molar-refractivity contribution in [3.63, 3.8) is 0 Å². The van der Waals surface area contributed by atoms with E-state index in [1.165, 1.54) is 0 Å². The summed E-state index contributed by atoms with van der Waals surface area (Å²) < 4.78 is 1.87. The first kappa shape index (κ1) is 12.7. The minimum Gasteiger partial charge on any atom is -0.481 e. The molecule has 1 N–H and O–H groups in total. The van der Waals surface area contributed by atoms with Crippen molar-refractivity contribution in [2.45, 2.75) is 19.8 Å². The van der Waals surface area contributed by atoms with Crippen LogP contribution in [-0.2, 0) is 11.8 Å². The second kappa shape index (κ2) is 4.84. The number of hydrogen-bond acceptors (Lipinski definition) is 2.